The normalized spacial score (nSPS) is 44.2. The van der Waals surface area contributed by atoms with Gasteiger partial charge in [-0.3, -0.25) is 0 Å². The third kappa shape index (κ3) is 3.95. The molecule has 3 saturated carbocycles. The summed E-state index contributed by atoms with van der Waals surface area (Å²) in [6.07, 6.45) is 18.7. The van der Waals surface area contributed by atoms with E-state index in [1.807, 2.05) is 5.57 Å². The van der Waals surface area contributed by atoms with Crippen LogP contribution in [0.25, 0.3) is 0 Å². The van der Waals surface area contributed by atoms with E-state index in [2.05, 4.69) is 52.9 Å². The van der Waals surface area contributed by atoms with Gasteiger partial charge in [-0.25, -0.2) is 0 Å². The molecule has 0 heterocycles. The molecule has 3 fully saturated rings. The monoisotopic (exact) mass is 413 g/mol. The molecule has 0 aromatic rings. The van der Waals surface area contributed by atoms with Crippen molar-refractivity contribution in [3.05, 3.63) is 11.6 Å². The Morgan fingerprint density at radius 1 is 1.00 bits per heavy atom. The molecule has 0 radical (unpaired) electrons. The third-order valence-corrected chi connectivity index (χ3v) is 10.8. The van der Waals surface area contributed by atoms with Crippen molar-refractivity contribution in [2.75, 3.05) is 6.54 Å². The zero-order valence-corrected chi connectivity index (χ0v) is 21.1. The summed E-state index contributed by atoms with van der Waals surface area (Å²) in [5.74, 6) is 5.71. The van der Waals surface area contributed by atoms with E-state index >= 15 is 0 Å². The van der Waals surface area contributed by atoms with Crippen LogP contribution in [0.2, 0.25) is 0 Å². The summed E-state index contributed by atoms with van der Waals surface area (Å²) < 4.78 is 0. The van der Waals surface area contributed by atoms with Crippen LogP contribution in [0.15, 0.2) is 11.6 Å². The molecule has 8 atom stereocenters. The Bertz CT molecular complexity index is 620. The van der Waals surface area contributed by atoms with Gasteiger partial charge in [0.15, 0.2) is 0 Å². The van der Waals surface area contributed by atoms with Crippen molar-refractivity contribution in [3.8, 4) is 0 Å². The Morgan fingerprint density at radius 2 is 1.80 bits per heavy atom. The summed E-state index contributed by atoms with van der Waals surface area (Å²) in [7, 11) is 0. The molecule has 0 aliphatic heterocycles. The molecule has 0 aromatic carbocycles. The van der Waals surface area contributed by atoms with Crippen LogP contribution in [0.3, 0.4) is 0 Å². The van der Waals surface area contributed by atoms with Gasteiger partial charge in [-0.2, -0.15) is 0 Å². The Morgan fingerprint density at radius 3 is 2.53 bits per heavy atom. The van der Waals surface area contributed by atoms with Crippen LogP contribution in [0.1, 0.15) is 112 Å². The second-order valence-corrected chi connectivity index (χ2v) is 12.8. The first-order chi connectivity index (χ1) is 14.3. The van der Waals surface area contributed by atoms with E-state index in [-0.39, 0.29) is 0 Å². The molecule has 1 N–H and O–H groups in total. The highest BCUT2D eigenvalue weighted by Gasteiger charge is 2.59. The molecule has 4 aliphatic carbocycles. The van der Waals surface area contributed by atoms with E-state index in [4.69, 9.17) is 0 Å². The minimum atomic E-state index is 0.511. The van der Waals surface area contributed by atoms with Gasteiger partial charge in [0.2, 0.25) is 0 Å². The fourth-order valence-electron chi connectivity index (χ4n) is 9.15. The number of allylic oxidation sites excluding steroid dienone is 1. The number of fused-ring (bicyclic) bond motifs is 5. The highest BCUT2D eigenvalue weighted by Crippen LogP contribution is 2.67. The maximum absolute atomic E-state index is 3.75. The van der Waals surface area contributed by atoms with E-state index in [1.165, 1.54) is 70.6 Å². The molecule has 1 nitrogen and oxygen atoms in total. The molecule has 172 valence electrons. The molecule has 0 saturated heterocycles. The van der Waals surface area contributed by atoms with Crippen LogP contribution in [0, 0.1) is 46.3 Å². The summed E-state index contributed by atoms with van der Waals surface area (Å²) in [6.45, 7) is 16.2. The average molecular weight is 414 g/mol. The van der Waals surface area contributed by atoms with Crippen molar-refractivity contribution in [1.82, 2.24) is 5.32 Å². The first-order valence-electron chi connectivity index (χ1n) is 13.7. The van der Waals surface area contributed by atoms with Gasteiger partial charge in [0.1, 0.15) is 0 Å². The maximum Gasteiger partial charge on any atom is 0.0105 e. The minimum Gasteiger partial charge on any atom is -0.314 e. The van der Waals surface area contributed by atoms with E-state index in [9.17, 15) is 0 Å². The topological polar surface area (TPSA) is 12.0 Å². The Balaban J connectivity index is 1.47. The molecule has 4 aliphatic rings. The van der Waals surface area contributed by atoms with Crippen molar-refractivity contribution < 1.29 is 0 Å². The smallest absolute Gasteiger partial charge is 0.0105 e. The predicted molar refractivity (Wildman–Crippen MR) is 131 cm³/mol. The van der Waals surface area contributed by atoms with Gasteiger partial charge in [0.05, 0.1) is 0 Å². The summed E-state index contributed by atoms with van der Waals surface area (Å²) in [5, 5.41) is 3.75. The van der Waals surface area contributed by atoms with E-state index in [0.29, 0.717) is 10.8 Å². The van der Waals surface area contributed by atoms with Crippen molar-refractivity contribution >= 4 is 0 Å². The van der Waals surface area contributed by atoms with Gasteiger partial charge in [0, 0.05) is 6.04 Å². The standard InChI is InChI=1S/C29H51N/c1-7-30-23-15-17-28(5)22(19-23)11-12-24-26-14-13-25(21(4)10-8-9-20(2)3)29(26,6)18-16-27(24)28/h11,20-21,23-27,30H,7-10,12-19H2,1-6H3/t21-,23+,24+,25?,26+,27?,28?,29?/m1/s1. The molecular weight excluding hydrogens is 362 g/mol. The fraction of sp³-hybridized carbons (Fsp3) is 0.931. The second-order valence-electron chi connectivity index (χ2n) is 12.8. The van der Waals surface area contributed by atoms with Gasteiger partial charge in [-0.15, -0.1) is 0 Å². The lowest BCUT2D eigenvalue weighted by Crippen LogP contribution is -2.51. The minimum absolute atomic E-state index is 0.511. The Hall–Kier alpha value is -0.300. The molecule has 1 heteroatoms. The van der Waals surface area contributed by atoms with Crippen LogP contribution in [0.5, 0.6) is 0 Å². The lowest BCUT2D eigenvalue weighted by atomic mass is 9.47. The van der Waals surface area contributed by atoms with Crippen LogP contribution >= 0.6 is 0 Å². The second kappa shape index (κ2) is 8.92. The lowest BCUT2D eigenvalue weighted by molar-refractivity contribution is -0.0514. The number of hydrogen-bond acceptors (Lipinski definition) is 1. The van der Waals surface area contributed by atoms with Crippen molar-refractivity contribution in [2.45, 2.75) is 118 Å². The number of rotatable bonds is 7. The summed E-state index contributed by atoms with van der Waals surface area (Å²) in [4.78, 5) is 0. The predicted octanol–water partition coefficient (Wildman–Crippen LogP) is 8.01. The van der Waals surface area contributed by atoms with Crippen LogP contribution in [-0.4, -0.2) is 12.6 Å². The third-order valence-electron chi connectivity index (χ3n) is 10.8. The van der Waals surface area contributed by atoms with Crippen LogP contribution in [-0.2, 0) is 0 Å². The molecule has 4 unspecified atom stereocenters. The molecule has 4 rings (SSSR count). The maximum atomic E-state index is 3.75. The van der Waals surface area contributed by atoms with Gasteiger partial charge >= 0.3 is 0 Å². The van der Waals surface area contributed by atoms with E-state index < -0.39 is 0 Å². The zero-order valence-electron chi connectivity index (χ0n) is 21.1. The van der Waals surface area contributed by atoms with E-state index in [0.717, 1.165) is 48.1 Å². The van der Waals surface area contributed by atoms with Crippen molar-refractivity contribution in [1.29, 1.82) is 0 Å². The van der Waals surface area contributed by atoms with Crippen molar-refractivity contribution in [2.24, 2.45) is 46.3 Å². The molecule has 0 spiro atoms. The SMILES string of the molecule is CCN[C@H]1CCC2(C)C(=CC[C@@H]3C2CCC2(C)C([C@H](C)CCCC(C)C)CC[C@@H]32)C1. The summed E-state index contributed by atoms with van der Waals surface area (Å²) in [5.41, 5.74) is 2.97. The molecule has 30 heavy (non-hydrogen) atoms. The molecular formula is C29H51N. The number of hydrogen-bond donors (Lipinski definition) is 1. The van der Waals surface area contributed by atoms with Gasteiger partial charge in [0.25, 0.3) is 0 Å². The molecule has 0 aromatic heterocycles. The number of nitrogens with one attached hydrogen (secondary N) is 1. The van der Waals surface area contributed by atoms with Gasteiger partial charge in [-0.05, 0) is 104 Å². The highest BCUT2D eigenvalue weighted by molar-refractivity contribution is 5.26. The molecule has 0 amide bonds. The largest absolute Gasteiger partial charge is 0.314 e. The Labute approximate surface area is 188 Å². The lowest BCUT2D eigenvalue weighted by Gasteiger charge is -2.58. The van der Waals surface area contributed by atoms with Gasteiger partial charge in [-0.1, -0.05) is 72.5 Å². The van der Waals surface area contributed by atoms with Gasteiger partial charge < -0.3 is 5.32 Å². The highest BCUT2D eigenvalue weighted by atomic mass is 14.9. The summed E-state index contributed by atoms with van der Waals surface area (Å²) in [6, 6.07) is 0.738. The Kier molecular flexibility index (Phi) is 6.80. The van der Waals surface area contributed by atoms with Crippen molar-refractivity contribution in [3.63, 3.8) is 0 Å². The first-order valence-corrected chi connectivity index (χ1v) is 13.7. The summed E-state index contributed by atoms with van der Waals surface area (Å²) >= 11 is 0. The fourth-order valence-corrected chi connectivity index (χ4v) is 9.15. The first kappa shape index (κ1) is 22.9. The van der Waals surface area contributed by atoms with Crippen LogP contribution < -0.4 is 5.32 Å². The average Bonchev–Trinajstić information content (AvgIpc) is 3.05. The molecule has 0 bridgehead atoms. The quantitative estimate of drug-likeness (QED) is 0.417. The van der Waals surface area contributed by atoms with Crippen LogP contribution in [0.4, 0.5) is 0 Å². The zero-order chi connectivity index (χ0) is 21.5. The van der Waals surface area contributed by atoms with E-state index in [1.54, 1.807) is 0 Å².